The van der Waals surface area contributed by atoms with Crippen molar-refractivity contribution < 1.29 is 0 Å². The van der Waals surface area contributed by atoms with Gasteiger partial charge in [-0.15, -0.1) is 0 Å². The minimum absolute atomic E-state index is 0.238. The van der Waals surface area contributed by atoms with Crippen LogP contribution in [0.15, 0.2) is 0 Å². The summed E-state index contributed by atoms with van der Waals surface area (Å²) in [5, 5.41) is 8.84. The van der Waals surface area contributed by atoms with Crippen LogP contribution in [0.4, 0.5) is 0 Å². The molecule has 0 N–H and O–H groups in total. The highest BCUT2D eigenvalue weighted by Crippen LogP contribution is 2.48. The van der Waals surface area contributed by atoms with E-state index in [4.69, 9.17) is 5.26 Å². The number of piperidine rings is 1. The zero-order valence-electron chi connectivity index (χ0n) is 6.75. The van der Waals surface area contributed by atoms with E-state index in [2.05, 4.69) is 17.4 Å². The standard InChI is InChI=1S/C8H13N2P/c1-11-10-5-7-2-6(7)3-8(10)4-9/h6-8,11H,2-3,5H2,1H3. The van der Waals surface area contributed by atoms with Crippen molar-refractivity contribution in [3.63, 3.8) is 0 Å². The van der Waals surface area contributed by atoms with Crippen molar-refractivity contribution in [1.82, 2.24) is 4.67 Å². The molecule has 2 rings (SSSR count). The van der Waals surface area contributed by atoms with E-state index >= 15 is 0 Å². The zero-order chi connectivity index (χ0) is 7.84. The van der Waals surface area contributed by atoms with E-state index in [1.807, 2.05) is 0 Å². The van der Waals surface area contributed by atoms with Crippen molar-refractivity contribution in [1.29, 1.82) is 5.26 Å². The number of fused-ring (bicyclic) bond motifs is 1. The molecule has 2 aliphatic rings. The van der Waals surface area contributed by atoms with Gasteiger partial charge in [0.1, 0.15) is 6.04 Å². The lowest BCUT2D eigenvalue weighted by atomic mass is 10.1. The first-order chi connectivity index (χ1) is 5.35. The number of rotatable bonds is 1. The Morgan fingerprint density at radius 3 is 2.91 bits per heavy atom. The van der Waals surface area contributed by atoms with E-state index < -0.39 is 0 Å². The fourth-order valence-electron chi connectivity index (χ4n) is 1.99. The van der Waals surface area contributed by atoms with Crippen LogP contribution in [0.2, 0.25) is 0 Å². The SMILES string of the molecule is CPN1CC2CC2CC1C#N. The van der Waals surface area contributed by atoms with E-state index in [9.17, 15) is 0 Å². The van der Waals surface area contributed by atoms with Crippen molar-refractivity contribution >= 4 is 8.73 Å². The summed E-state index contributed by atoms with van der Waals surface area (Å²) >= 11 is 0. The fourth-order valence-corrected chi connectivity index (χ4v) is 2.88. The molecule has 0 radical (unpaired) electrons. The molecule has 0 amide bonds. The molecule has 2 fully saturated rings. The largest absolute Gasteiger partial charge is 0.269 e. The Hall–Kier alpha value is -0.120. The minimum Gasteiger partial charge on any atom is -0.269 e. The van der Waals surface area contributed by atoms with Crippen LogP contribution in [0.5, 0.6) is 0 Å². The third-order valence-electron chi connectivity index (χ3n) is 2.84. The van der Waals surface area contributed by atoms with Gasteiger partial charge in [-0.25, -0.2) is 0 Å². The Bertz CT molecular complexity index is 199. The van der Waals surface area contributed by atoms with Gasteiger partial charge in [0.2, 0.25) is 0 Å². The number of nitriles is 1. The molecular formula is C8H13N2P. The lowest BCUT2D eigenvalue weighted by Gasteiger charge is -2.29. The van der Waals surface area contributed by atoms with Crippen molar-refractivity contribution in [2.75, 3.05) is 13.2 Å². The number of hydrogen-bond acceptors (Lipinski definition) is 2. The van der Waals surface area contributed by atoms with Crippen LogP contribution in [0.25, 0.3) is 0 Å². The van der Waals surface area contributed by atoms with Crippen LogP contribution >= 0.6 is 8.73 Å². The van der Waals surface area contributed by atoms with Gasteiger partial charge < -0.3 is 0 Å². The van der Waals surface area contributed by atoms with Gasteiger partial charge in [-0.2, -0.15) is 5.26 Å². The Morgan fingerprint density at radius 1 is 1.45 bits per heavy atom. The second-order valence-corrected chi connectivity index (χ2v) is 4.53. The molecule has 0 bridgehead atoms. The molecule has 1 saturated carbocycles. The van der Waals surface area contributed by atoms with Gasteiger partial charge in [0, 0.05) is 6.54 Å². The number of nitrogens with zero attached hydrogens (tertiary/aromatic N) is 2. The molecule has 0 aromatic carbocycles. The third-order valence-corrected chi connectivity index (χ3v) is 3.91. The van der Waals surface area contributed by atoms with E-state index in [-0.39, 0.29) is 6.04 Å². The molecule has 2 nitrogen and oxygen atoms in total. The first-order valence-electron chi connectivity index (χ1n) is 4.18. The van der Waals surface area contributed by atoms with Gasteiger partial charge in [0.15, 0.2) is 0 Å². The fraction of sp³-hybridized carbons (Fsp3) is 0.875. The first kappa shape index (κ1) is 7.53. The van der Waals surface area contributed by atoms with Crippen molar-refractivity contribution in [3.05, 3.63) is 0 Å². The summed E-state index contributed by atoms with van der Waals surface area (Å²) in [7, 11) is 0.818. The maximum Gasteiger partial charge on any atom is 0.101 e. The zero-order valence-corrected chi connectivity index (χ0v) is 7.75. The van der Waals surface area contributed by atoms with Crippen LogP contribution in [-0.2, 0) is 0 Å². The van der Waals surface area contributed by atoms with Gasteiger partial charge in [-0.05, 0) is 31.3 Å². The molecule has 1 aliphatic carbocycles. The summed E-state index contributed by atoms with van der Waals surface area (Å²) in [6, 6.07) is 2.63. The van der Waals surface area contributed by atoms with Crippen molar-refractivity contribution in [3.8, 4) is 6.07 Å². The maximum absolute atomic E-state index is 8.84. The molecule has 1 heterocycles. The first-order valence-corrected chi connectivity index (χ1v) is 5.63. The van der Waals surface area contributed by atoms with Crippen LogP contribution in [-0.4, -0.2) is 23.9 Å². The summed E-state index contributed by atoms with van der Waals surface area (Å²) < 4.78 is 2.34. The van der Waals surface area contributed by atoms with Gasteiger partial charge in [0.25, 0.3) is 0 Å². The summed E-state index contributed by atoms with van der Waals surface area (Å²) in [5.41, 5.74) is 0. The molecule has 60 valence electrons. The highest BCUT2D eigenvalue weighted by atomic mass is 31.1. The predicted octanol–water partition coefficient (Wildman–Crippen LogP) is 1.44. The molecule has 0 spiro atoms. The van der Waals surface area contributed by atoms with Gasteiger partial charge in [-0.3, -0.25) is 4.67 Å². The molecule has 4 unspecified atom stereocenters. The van der Waals surface area contributed by atoms with Gasteiger partial charge in [0.05, 0.1) is 6.07 Å². The minimum atomic E-state index is 0.238. The van der Waals surface area contributed by atoms with Gasteiger partial charge in [-0.1, -0.05) is 8.73 Å². The number of hydrogen-bond donors (Lipinski definition) is 0. The average Bonchev–Trinajstić information content (AvgIpc) is 2.79. The summed E-state index contributed by atoms with van der Waals surface area (Å²) in [6.07, 6.45) is 2.53. The highest BCUT2D eigenvalue weighted by molar-refractivity contribution is 7.34. The molecular weight excluding hydrogens is 155 g/mol. The Kier molecular flexibility index (Phi) is 1.87. The summed E-state index contributed by atoms with van der Waals surface area (Å²) in [6.45, 7) is 3.37. The van der Waals surface area contributed by atoms with Crippen LogP contribution in [0.1, 0.15) is 12.8 Å². The highest BCUT2D eigenvalue weighted by Gasteiger charge is 2.45. The van der Waals surface area contributed by atoms with Crippen LogP contribution in [0.3, 0.4) is 0 Å². The second-order valence-electron chi connectivity index (χ2n) is 3.51. The topological polar surface area (TPSA) is 27.0 Å². The van der Waals surface area contributed by atoms with Crippen LogP contribution < -0.4 is 0 Å². The second kappa shape index (κ2) is 2.73. The molecule has 1 aliphatic heterocycles. The maximum atomic E-state index is 8.84. The lowest BCUT2D eigenvalue weighted by molar-refractivity contribution is 0.306. The van der Waals surface area contributed by atoms with Crippen molar-refractivity contribution in [2.24, 2.45) is 11.8 Å². The van der Waals surface area contributed by atoms with E-state index in [0.29, 0.717) is 0 Å². The smallest absolute Gasteiger partial charge is 0.101 e. The Morgan fingerprint density at radius 2 is 2.27 bits per heavy atom. The van der Waals surface area contributed by atoms with Crippen LogP contribution in [0, 0.1) is 23.2 Å². The summed E-state index contributed by atoms with van der Waals surface area (Å²) in [5.74, 6) is 1.86. The normalized spacial score (nSPS) is 43.8. The van der Waals surface area contributed by atoms with E-state index in [1.165, 1.54) is 13.0 Å². The molecule has 3 heteroatoms. The molecule has 0 aromatic heterocycles. The van der Waals surface area contributed by atoms with E-state index in [1.54, 1.807) is 0 Å². The third kappa shape index (κ3) is 1.28. The average molecular weight is 168 g/mol. The van der Waals surface area contributed by atoms with Gasteiger partial charge >= 0.3 is 0 Å². The summed E-state index contributed by atoms with van der Waals surface area (Å²) in [4.78, 5) is 0. The molecule has 0 aromatic rings. The molecule has 1 saturated heterocycles. The lowest BCUT2D eigenvalue weighted by Crippen LogP contribution is -2.33. The van der Waals surface area contributed by atoms with E-state index in [0.717, 1.165) is 27.0 Å². The monoisotopic (exact) mass is 168 g/mol. The molecule has 4 atom stereocenters. The predicted molar refractivity (Wildman–Crippen MR) is 46.6 cm³/mol. The Labute approximate surface area is 69.4 Å². The molecule has 11 heavy (non-hydrogen) atoms. The van der Waals surface area contributed by atoms with Crippen molar-refractivity contribution in [2.45, 2.75) is 18.9 Å². The Balaban J connectivity index is 2.01. The quantitative estimate of drug-likeness (QED) is 0.554.